The van der Waals surface area contributed by atoms with E-state index in [1.807, 2.05) is 11.1 Å². The number of anilines is 1. The molecule has 5 heteroatoms. The third kappa shape index (κ3) is 2.76. The van der Waals surface area contributed by atoms with Crippen molar-refractivity contribution in [2.24, 2.45) is 5.92 Å². The summed E-state index contributed by atoms with van der Waals surface area (Å²) in [4.78, 5) is 20.7. The first-order valence-corrected chi connectivity index (χ1v) is 7.67. The van der Waals surface area contributed by atoms with E-state index < -0.39 is 0 Å². The number of hydrogen-bond donors (Lipinski definition) is 0. The number of halogens is 1. The van der Waals surface area contributed by atoms with E-state index in [1.165, 1.54) is 6.42 Å². The zero-order chi connectivity index (χ0) is 13.2. The molecule has 3 rings (SSSR count). The molecule has 0 radical (unpaired) electrons. The van der Waals surface area contributed by atoms with Crippen LogP contribution >= 0.6 is 15.9 Å². The first kappa shape index (κ1) is 12.9. The van der Waals surface area contributed by atoms with Gasteiger partial charge in [0.25, 0.3) is 0 Å². The molecule has 1 aliphatic heterocycles. The Bertz CT molecular complexity index is 468. The van der Waals surface area contributed by atoms with Crippen molar-refractivity contribution in [3.8, 4) is 0 Å². The van der Waals surface area contributed by atoms with E-state index in [0.717, 1.165) is 49.2 Å². The average Bonchev–Trinajstić information content (AvgIpc) is 2.37. The highest BCUT2D eigenvalue weighted by Crippen LogP contribution is 2.29. The van der Waals surface area contributed by atoms with Crippen LogP contribution in [0.15, 0.2) is 22.9 Å². The Morgan fingerprint density at radius 2 is 1.95 bits per heavy atom. The number of carbonyl (C=O) groups is 1. The van der Waals surface area contributed by atoms with E-state index in [2.05, 4.69) is 31.9 Å². The van der Waals surface area contributed by atoms with E-state index in [9.17, 15) is 4.79 Å². The Kier molecular flexibility index (Phi) is 3.73. The number of aromatic nitrogens is 1. The van der Waals surface area contributed by atoms with Crippen molar-refractivity contribution in [3.63, 3.8) is 0 Å². The largest absolute Gasteiger partial charge is 0.367 e. The highest BCUT2D eigenvalue weighted by Gasteiger charge is 2.31. The molecule has 2 fully saturated rings. The van der Waals surface area contributed by atoms with Gasteiger partial charge in [-0.1, -0.05) is 6.42 Å². The van der Waals surface area contributed by atoms with E-state index in [1.54, 1.807) is 6.20 Å². The fraction of sp³-hybridized carbons (Fsp3) is 0.571. The van der Waals surface area contributed by atoms with Crippen molar-refractivity contribution in [2.75, 3.05) is 31.1 Å². The molecule has 0 unspecified atom stereocenters. The summed E-state index contributed by atoms with van der Waals surface area (Å²) >= 11 is 3.45. The van der Waals surface area contributed by atoms with Gasteiger partial charge in [0.2, 0.25) is 5.91 Å². The van der Waals surface area contributed by atoms with Crippen LogP contribution in [0.2, 0.25) is 0 Å². The minimum absolute atomic E-state index is 0.319. The lowest BCUT2D eigenvalue weighted by Crippen LogP contribution is -2.51. The fourth-order valence-corrected chi connectivity index (χ4v) is 3.02. The first-order chi connectivity index (χ1) is 9.24. The first-order valence-electron chi connectivity index (χ1n) is 6.88. The molecule has 0 spiro atoms. The summed E-state index contributed by atoms with van der Waals surface area (Å²) < 4.78 is 0.998. The third-order valence-corrected chi connectivity index (χ3v) is 4.54. The minimum atomic E-state index is 0.319. The number of amides is 1. The lowest BCUT2D eigenvalue weighted by atomic mass is 9.84. The molecule has 0 N–H and O–H groups in total. The number of carbonyl (C=O) groups excluding carboxylic acids is 1. The number of nitrogens with zero attached hydrogens (tertiary/aromatic N) is 3. The van der Waals surface area contributed by atoms with Gasteiger partial charge in [-0.15, -0.1) is 0 Å². The van der Waals surface area contributed by atoms with Gasteiger partial charge in [0.15, 0.2) is 0 Å². The van der Waals surface area contributed by atoms with Crippen LogP contribution in [0.1, 0.15) is 19.3 Å². The summed E-state index contributed by atoms with van der Waals surface area (Å²) in [6, 6.07) is 2.08. The Balaban J connectivity index is 1.58. The van der Waals surface area contributed by atoms with E-state index >= 15 is 0 Å². The average molecular weight is 324 g/mol. The van der Waals surface area contributed by atoms with Crippen LogP contribution in [0.5, 0.6) is 0 Å². The molecule has 1 amide bonds. The molecule has 0 atom stereocenters. The summed E-state index contributed by atoms with van der Waals surface area (Å²) in [5.74, 6) is 0.692. The molecule has 19 heavy (non-hydrogen) atoms. The second kappa shape index (κ2) is 5.49. The molecule has 1 aromatic rings. The van der Waals surface area contributed by atoms with Crippen LogP contribution in [0.25, 0.3) is 0 Å². The highest BCUT2D eigenvalue weighted by atomic mass is 79.9. The Morgan fingerprint density at radius 3 is 2.53 bits per heavy atom. The van der Waals surface area contributed by atoms with Crippen molar-refractivity contribution in [3.05, 3.63) is 22.9 Å². The number of pyridine rings is 1. The summed E-state index contributed by atoms with van der Waals surface area (Å²) in [5, 5.41) is 0. The van der Waals surface area contributed by atoms with Gasteiger partial charge < -0.3 is 9.80 Å². The van der Waals surface area contributed by atoms with Gasteiger partial charge in [-0.25, -0.2) is 0 Å². The summed E-state index contributed by atoms with van der Waals surface area (Å²) in [6.07, 6.45) is 7.08. The molecule has 2 heterocycles. The van der Waals surface area contributed by atoms with E-state index in [-0.39, 0.29) is 0 Å². The van der Waals surface area contributed by atoms with Crippen molar-refractivity contribution in [1.82, 2.24) is 9.88 Å². The predicted molar refractivity (Wildman–Crippen MR) is 78.1 cm³/mol. The van der Waals surface area contributed by atoms with Gasteiger partial charge in [0.1, 0.15) is 0 Å². The molecule has 1 aromatic heterocycles. The highest BCUT2D eigenvalue weighted by molar-refractivity contribution is 9.10. The monoisotopic (exact) mass is 323 g/mol. The Hall–Kier alpha value is -1.10. The maximum Gasteiger partial charge on any atom is 0.225 e. The summed E-state index contributed by atoms with van der Waals surface area (Å²) in [7, 11) is 0. The number of piperazine rings is 1. The van der Waals surface area contributed by atoms with Crippen molar-refractivity contribution in [1.29, 1.82) is 0 Å². The van der Waals surface area contributed by atoms with Crippen LogP contribution in [0.4, 0.5) is 5.69 Å². The summed E-state index contributed by atoms with van der Waals surface area (Å²) in [5.41, 5.74) is 1.13. The van der Waals surface area contributed by atoms with Crippen LogP contribution in [0.3, 0.4) is 0 Å². The molecule has 102 valence electrons. The van der Waals surface area contributed by atoms with Crippen LogP contribution in [-0.4, -0.2) is 42.0 Å². The molecule has 0 bridgehead atoms. The second-order valence-electron chi connectivity index (χ2n) is 5.30. The quantitative estimate of drug-likeness (QED) is 0.837. The molecule has 0 aromatic carbocycles. The number of rotatable bonds is 2. The van der Waals surface area contributed by atoms with Crippen molar-refractivity contribution < 1.29 is 4.79 Å². The third-order valence-electron chi connectivity index (χ3n) is 4.10. The molecular formula is C14H18BrN3O. The summed E-state index contributed by atoms with van der Waals surface area (Å²) in [6.45, 7) is 3.47. The zero-order valence-corrected chi connectivity index (χ0v) is 12.5. The fourth-order valence-electron chi connectivity index (χ4n) is 2.67. The van der Waals surface area contributed by atoms with Crippen molar-refractivity contribution in [2.45, 2.75) is 19.3 Å². The predicted octanol–water partition coefficient (Wildman–Crippen LogP) is 2.29. The smallest absolute Gasteiger partial charge is 0.225 e. The van der Waals surface area contributed by atoms with E-state index in [4.69, 9.17) is 0 Å². The van der Waals surface area contributed by atoms with Crippen LogP contribution in [-0.2, 0) is 4.79 Å². The number of hydrogen-bond acceptors (Lipinski definition) is 3. The van der Waals surface area contributed by atoms with E-state index in [0.29, 0.717) is 11.8 Å². The topological polar surface area (TPSA) is 36.4 Å². The van der Waals surface area contributed by atoms with Crippen molar-refractivity contribution >= 4 is 27.5 Å². The second-order valence-corrected chi connectivity index (χ2v) is 6.22. The van der Waals surface area contributed by atoms with Gasteiger partial charge in [-0.2, -0.15) is 0 Å². The Labute approximate surface area is 121 Å². The van der Waals surface area contributed by atoms with Crippen LogP contribution < -0.4 is 4.90 Å². The van der Waals surface area contributed by atoms with Gasteiger partial charge in [0, 0.05) is 42.8 Å². The minimum Gasteiger partial charge on any atom is -0.367 e. The van der Waals surface area contributed by atoms with Gasteiger partial charge >= 0.3 is 0 Å². The molecule has 4 nitrogen and oxygen atoms in total. The maximum atomic E-state index is 12.2. The van der Waals surface area contributed by atoms with Gasteiger partial charge in [-0.3, -0.25) is 9.78 Å². The van der Waals surface area contributed by atoms with Gasteiger partial charge in [0.05, 0.1) is 11.9 Å². The zero-order valence-electron chi connectivity index (χ0n) is 10.9. The molecule has 1 aliphatic carbocycles. The lowest BCUT2D eigenvalue weighted by molar-refractivity contribution is -0.138. The Morgan fingerprint density at radius 1 is 1.21 bits per heavy atom. The molecular weight excluding hydrogens is 306 g/mol. The standard InChI is InChI=1S/C14H18BrN3O/c15-12-8-13(10-16-9-12)17-4-6-18(7-5-17)14(19)11-2-1-3-11/h8-11H,1-7H2. The van der Waals surface area contributed by atoms with Crippen LogP contribution in [0, 0.1) is 5.92 Å². The molecule has 1 saturated heterocycles. The maximum absolute atomic E-state index is 12.2. The molecule has 2 aliphatic rings. The SMILES string of the molecule is O=C(C1CCC1)N1CCN(c2cncc(Br)c2)CC1. The normalized spacial score (nSPS) is 20.3. The lowest BCUT2D eigenvalue weighted by Gasteiger charge is -2.39. The van der Waals surface area contributed by atoms with Gasteiger partial charge in [-0.05, 0) is 34.8 Å². The molecule has 1 saturated carbocycles.